The number of carbonyl (C=O) groups is 1. The van der Waals surface area contributed by atoms with Gasteiger partial charge in [-0.15, -0.1) is 0 Å². The first-order chi connectivity index (χ1) is 9.44. The maximum absolute atomic E-state index is 13.2. The number of hydrogen-bond acceptors (Lipinski definition) is 2. The molecule has 0 radical (unpaired) electrons. The van der Waals surface area contributed by atoms with E-state index < -0.39 is 0 Å². The summed E-state index contributed by atoms with van der Waals surface area (Å²) in [6.45, 7) is 2.25. The van der Waals surface area contributed by atoms with Gasteiger partial charge < -0.3 is 0 Å². The summed E-state index contributed by atoms with van der Waals surface area (Å²) >= 11 is 0. The highest BCUT2D eigenvalue weighted by molar-refractivity contribution is 5.90. The summed E-state index contributed by atoms with van der Waals surface area (Å²) in [5, 5.41) is 0. The molecule has 0 heterocycles. The van der Waals surface area contributed by atoms with E-state index in [0.717, 1.165) is 31.2 Å². The van der Waals surface area contributed by atoms with Crippen LogP contribution in [0.3, 0.4) is 0 Å². The largest absolute Gasteiger partial charge is 0.297 e. The van der Waals surface area contributed by atoms with Crippen molar-refractivity contribution >= 4 is 5.78 Å². The third kappa shape index (κ3) is 3.09. The standard InChI is InChI=1S/C17H24FNO/c1-13-7-9-17(10-8-13,19(2)3)16(20)12-14-5-4-6-15(18)11-14/h4-6,11,13H,7-10,12H2,1-3H3. The fourth-order valence-corrected chi connectivity index (χ4v) is 3.21. The van der Waals surface area contributed by atoms with Gasteiger partial charge in [-0.2, -0.15) is 0 Å². The average Bonchev–Trinajstić information content (AvgIpc) is 2.39. The van der Waals surface area contributed by atoms with Crippen molar-refractivity contribution in [2.75, 3.05) is 14.1 Å². The van der Waals surface area contributed by atoms with Crippen molar-refractivity contribution in [3.8, 4) is 0 Å². The van der Waals surface area contributed by atoms with Crippen LogP contribution in [0.1, 0.15) is 38.2 Å². The van der Waals surface area contributed by atoms with Gasteiger partial charge in [0.2, 0.25) is 0 Å². The Morgan fingerprint density at radius 3 is 2.55 bits per heavy atom. The van der Waals surface area contributed by atoms with E-state index in [1.807, 2.05) is 20.2 Å². The second-order valence-corrected chi connectivity index (χ2v) is 6.34. The quantitative estimate of drug-likeness (QED) is 0.840. The van der Waals surface area contributed by atoms with Crippen LogP contribution in [-0.4, -0.2) is 30.3 Å². The number of ketones is 1. The van der Waals surface area contributed by atoms with E-state index in [4.69, 9.17) is 0 Å². The van der Waals surface area contributed by atoms with Gasteiger partial charge in [0.05, 0.1) is 5.54 Å². The SMILES string of the molecule is CC1CCC(C(=O)Cc2cccc(F)c2)(N(C)C)CC1. The Hall–Kier alpha value is -1.22. The molecule has 0 N–H and O–H groups in total. The van der Waals surface area contributed by atoms with Gasteiger partial charge in [0.15, 0.2) is 5.78 Å². The predicted molar refractivity (Wildman–Crippen MR) is 79.2 cm³/mol. The molecule has 0 atom stereocenters. The second kappa shape index (κ2) is 6.04. The lowest BCUT2D eigenvalue weighted by atomic mass is 9.72. The Morgan fingerprint density at radius 1 is 1.35 bits per heavy atom. The number of likely N-dealkylation sites (N-methyl/N-ethyl adjacent to an activating group) is 1. The van der Waals surface area contributed by atoms with Crippen LogP contribution in [0.15, 0.2) is 24.3 Å². The minimum atomic E-state index is -0.362. The minimum absolute atomic E-state index is 0.222. The van der Waals surface area contributed by atoms with Gasteiger partial charge in [-0.25, -0.2) is 4.39 Å². The van der Waals surface area contributed by atoms with Gasteiger partial charge in [-0.1, -0.05) is 19.1 Å². The van der Waals surface area contributed by atoms with E-state index in [-0.39, 0.29) is 17.1 Å². The lowest BCUT2D eigenvalue weighted by Gasteiger charge is -2.43. The molecule has 0 aliphatic heterocycles. The number of benzene rings is 1. The summed E-state index contributed by atoms with van der Waals surface area (Å²) in [4.78, 5) is 14.9. The number of halogens is 1. The van der Waals surface area contributed by atoms with Crippen molar-refractivity contribution in [3.05, 3.63) is 35.6 Å². The summed E-state index contributed by atoms with van der Waals surface area (Å²) in [7, 11) is 3.97. The van der Waals surface area contributed by atoms with Crippen LogP contribution in [-0.2, 0) is 11.2 Å². The monoisotopic (exact) mass is 277 g/mol. The molecule has 1 fully saturated rings. The molecule has 0 unspecified atom stereocenters. The maximum Gasteiger partial charge on any atom is 0.157 e. The Labute approximate surface area is 121 Å². The molecule has 1 aliphatic rings. The highest BCUT2D eigenvalue weighted by Crippen LogP contribution is 2.36. The zero-order chi connectivity index (χ0) is 14.8. The van der Waals surface area contributed by atoms with Crippen LogP contribution in [0.25, 0.3) is 0 Å². The topological polar surface area (TPSA) is 20.3 Å². The van der Waals surface area contributed by atoms with Crippen LogP contribution in [0, 0.1) is 11.7 Å². The molecule has 3 heteroatoms. The van der Waals surface area contributed by atoms with Gasteiger partial charge in [0, 0.05) is 6.42 Å². The Morgan fingerprint density at radius 2 is 2.00 bits per heavy atom. The second-order valence-electron chi connectivity index (χ2n) is 6.34. The average molecular weight is 277 g/mol. The first-order valence-corrected chi connectivity index (χ1v) is 7.39. The van der Waals surface area contributed by atoms with Crippen LogP contribution in [0.2, 0.25) is 0 Å². The van der Waals surface area contributed by atoms with Gasteiger partial charge in [0.1, 0.15) is 5.82 Å². The van der Waals surface area contributed by atoms with Crippen molar-refractivity contribution in [3.63, 3.8) is 0 Å². The lowest BCUT2D eigenvalue weighted by molar-refractivity contribution is -0.131. The first-order valence-electron chi connectivity index (χ1n) is 7.39. The third-order valence-electron chi connectivity index (χ3n) is 4.73. The fourth-order valence-electron chi connectivity index (χ4n) is 3.21. The van der Waals surface area contributed by atoms with Crippen LogP contribution in [0.4, 0.5) is 4.39 Å². The third-order valence-corrected chi connectivity index (χ3v) is 4.73. The van der Waals surface area contributed by atoms with E-state index in [1.54, 1.807) is 6.07 Å². The zero-order valence-corrected chi connectivity index (χ0v) is 12.7. The normalized spacial score (nSPS) is 26.8. The molecule has 20 heavy (non-hydrogen) atoms. The smallest absolute Gasteiger partial charge is 0.157 e. The van der Waals surface area contributed by atoms with Crippen LogP contribution >= 0.6 is 0 Å². The Kier molecular flexibility index (Phi) is 4.59. The van der Waals surface area contributed by atoms with Crippen LogP contribution in [0.5, 0.6) is 0 Å². The Bertz CT molecular complexity index is 476. The number of hydrogen-bond donors (Lipinski definition) is 0. The molecule has 2 nitrogen and oxygen atoms in total. The molecule has 0 bridgehead atoms. The fraction of sp³-hybridized carbons (Fsp3) is 0.588. The Balaban J connectivity index is 2.16. The summed E-state index contributed by atoms with van der Waals surface area (Å²) in [6, 6.07) is 6.38. The molecule has 1 aromatic rings. The van der Waals surface area contributed by atoms with Crippen LogP contribution < -0.4 is 0 Å². The molecule has 0 saturated heterocycles. The number of nitrogens with zero attached hydrogens (tertiary/aromatic N) is 1. The van der Waals surface area contributed by atoms with Gasteiger partial charge >= 0.3 is 0 Å². The molecular weight excluding hydrogens is 253 g/mol. The predicted octanol–water partition coefficient (Wildman–Crippen LogP) is 3.45. The van der Waals surface area contributed by atoms with E-state index in [1.165, 1.54) is 12.1 Å². The van der Waals surface area contributed by atoms with Crippen molar-refractivity contribution in [2.45, 2.75) is 44.6 Å². The summed E-state index contributed by atoms with van der Waals surface area (Å²) in [6.07, 6.45) is 4.33. The molecule has 0 amide bonds. The van der Waals surface area contributed by atoms with E-state index in [2.05, 4.69) is 11.8 Å². The van der Waals surface area contributed by atoms with E-state index >= 15 is 0 Å². The summed E-state index contributed by atoms with van der Waals surface area (Å²) < 4.78 is 13.2. The zero-order valence-electron chi connectivity index (χ0n) is 12.7. The molecule has 2 rings (SSSR count). The van der Waals surface area contributed by atoms with Crippen molar-refractivity contribution < 1.29 is 9.18 Å². The van der Waals surface area contributed by atoms with E-state index in [9.17, 15) is 9.18 Å². The number of carbonyl (C=O) groups excluding carboxylic acids is 1. The molecule has 1 aromatic carbocycles. The van der Waals surface area contributed by atoms with Gasteiger partial charge in [-0.3, -0.25) is 9.69 Å². The van der Waals surface area contributed by atoms with Gasteiger partial charge in [-0.05, 0) is 63.4 Å². The minimum Gasteiger partial charge on any atom is -0.297 e. The highest BCUT2D eigenvalue weighted by atomic mass is 19.1. The molecular formula is C17H24FNO. The first kappa shape index (κ1) is 15.2. The highest BCUT2D eigenvalue weighted by Gasteiger charge is 2.42. The molecule has 0 aromatic heterocycles. The molecule has 0 spiro atoms. The maximum atomic E-state index is 13.2. The molecule has 1 aliphatic carbocycles. The number of rotatable bonds is 4. The number of Topliss-reactive ketones (excluding diaryl/α,β-unsaturated/α-hetero) is 1. The summed E-state index contributed by atoms with van der Waals surface area (Å²) in [5.74, 6) is 0.650. The van der Waals surface area contributed by atoms with Crippen molar-refractivity contribution in [1.29, 1.82) is 0 Å². The summed E-state index contributed by atoms with van der Waals surface area (Å²) in [5.41, 5.74) is 0.411. The molecule has 1 saturated carbocycles. The van der Waals surface area contributed by atoms with Gasteiger partial charge in [0.25, 0.3) is 0 Å². The van der Waals surface area contributed by atoms with E-state index in [0.29, 0.717) is 12.3 Å². The van der Waals surface area contributed by atoms with Crippen molar-refractivity contribution in [2.24, 2.45) is 5.92 Å². The van der Waals surface area contributed by atoms with Crippen molar-refractivity contribution in [1.82, 2.24) is 4.90 Å². The molecule has 110 valence electrons. The lowest BCUT2D eigenvalue weighted by Crippen LogP contribution is -2.53.